The average Bonchev–Trinajstić information content (AvgIpc) is 2.64. The van der Waals surface area contributed by atoms with Crippen LogP contribution >= 0.6 is 0 Å². The number of benzene rings is 2. The van der Waals surface area contributed by atoms with Crippen LogP contribution in [0.5, 0.6) is 0 Å². The molecule has 0 radical (unpaired) electrons. The van der Waals surface area contributed by atoms with Crippen LogP contribution in [0, 0.1) is 0 Å². The molecule has 2 aromatic rings. The maximum absolute atomic E-state index is 2.42. The van der Waals surface area contributed by atoms with Gasteiger partial charge in [-0.15, -0.1) is 0 Å². The molecule has 0 aromatic heterocycles. The van der Waals surface area contributed by atoms with Crippen molar-refractivity contribution in [3.8, 4) is 0 Å². The molecule has 15 heavy (non-hydrogen) atoms. The normalized spacial score (nSPS) is 13.7. The number of rotatable bonds is 2. The minimum atomic E-state index is 1.22. The fraction of sp³-hybridized carbons (Fsp3) is 0.333. The molecule has 0 saturated heterocycles. The third kappa shape index (κ3) is 1.36. The lowest BCUT2D eigenvalue weighted by Gasteiger charge is -2.05. The molecule has 0 nitrogen and oxygen atoms in total. The Morgan fingerprint density at radius 2 is 1.93 bits per heavy atom. The van der Waals surface area contributed by atoms with E-state index in [-0.39, 0.29) is 0 Å². The highest BCUT2D eigenvalue weighted by Gasteiger charge is 2.14. The lowest BCUT2D eigenvalue weighted by Crippen LogP contribution is -1.87. The van der Waals surface area contributed by atoms with Gasteiger partial charge in [-0.3, -0.25) is 0 Å². The summed E-state index contributed by atoms with van der Waals surface area (Å²) in [5.41, 5.74) is 4.64. The zero-order chi connectivity index (χ0) is 10.3. The molecular weight excluding hydrogens is 180 g/mol. The van der Waals surface area contributed by atoms with Gasteiger partial charge in [0.15, 0.2) is 0 Å². The maximum atomic E-state index is 2.42. The van der Waals surface area contributed by atoms with Crippen molar-refractivity contribution in [2.45, 2.75) is 32.6 Å². The van der Waals surface area contributed by atoms with E-state index in [4.69, 9.17) is 0 Å². The first-order valence-corrected chi connectivity index (χ1v) is 5.92. The molecule has 1 aliphatic rings. The van der Waals surface area contributed by atoms with Crippen LogP contribution in [0.15, 0.2) is 30.3 Å². The summed E-state index contributed by atoms with van der Waals surface area (Å²) in [6.07, 6.45) is 4.94. The Morgan fingerprint density at radius 1 is 1.07 bits per heavy atom. The van der Waals surface area contributed by atoms with E-state index in [0.717, 1.165) is 0 Å². The zero-order valence-electron chi connectivity index (χ0n) is 9.22. The third-order valence-corrected chi connectivity index (χ3v) is 3.41. The van der Waals surface area contributed by atoms with E-state index in [1.807, 2.05) is 0 Å². The Bertz CT molecular complexity index is 509. The van der Waals surface area contributed by atoms with Crippen LogP contribution in [0.25, 0.3) is 10.8 Å². The van der Waals surface area contributed by atoms with Gasteiger partial charge in [-0.2, -0.15) is 0 Å². The van der Waals surface area contributed by atoms with Crippen molar-refractivity contribution in [1.82, 2.24) is 0 Å². The van der Waals surface area contributed by atoms with Crippen molar-refractivity contribution in [3.63, 3.8) is 0 Å². The van der Waals surface area contributed by atoms with E-state index in [0.29, 0.717) is 0 Å². The highest BCUT2D eigenvalue weighted by molar-refractivity contribution is 5.91. The van der Waals surface area contributed by atoms with Gasteiger partial charge in [0.1, 0.15) is 0 Å². The van der Waals surface area contributed by atoms with Crippen molar-refractivity contribution in [2.75, 3.05) is 0 Å². The molecule has 0 aliphatic heterocycles. The summed E-state index contributed by atoms with van der Waals surface area (Å²) in [7, 11) is 0. The maximum Gasteiger partial charge on any atom is -0.0119 e. The summed E-state index contributed by atoms with van der Waals surface area (Å²) in [5, 5.41) is 2.99. The van der Waals surface area contributed by atoms with Gasteiger partial charge >= 0.3 is 0 Å². The molecule has 0 spiro atoms. The molecule has 0 bridgehead atoms. The van der Waals surface area contributed by atoms with Crippen molar-refractivity contribution < 1.29 is 0 Å². The van der Waals surface area contributed by atoms with Crippen molar-refractivity contribution in [2.24, 2.45) is 0 Å². The summed E-state index contributed by atoms with van der Waals surface area (Å²) in [6, 6.07) is 11.5. The number of aryl methyl sites for hydroxylation is 3. The average molecular weight is 196 g/mol. The van der Waals surface area contributed by atoms with Gasteiger partial charge in [-0.05, 0) is 46.7 Å². The van der Waals surface area contributed by atoms with Crippen LogP contribution in [0.2, 0.25) is 0 Å². The summed E-state index contributed by atoms with van der Waals surface area (Å²) in [5.74, 6) is 0. The van der Waals surface area contributed by atoms with Gasteiger partial charge in [0, 0.05) is 0 Å². The van der Waals surface area contributed by atoms with Crippen molar-refractivity contribution in [3.05, 3.63) is 47.0 Å². The molecular formula is C15H16. The van der Waals surface area contributed by atoms with E-state index < -0.39 is 0 Å². The van der Waals surface area contributed by atoms with Crippen LogP contribution in [-0.4, -0.2) is 0 Å². The Labute approximate surface area is 90.9 Å². The second kappa shape index (κ2) is 3.37. The Balaban J connectivity index is 2.26. The van der Waals surface area contributed by atoms with E-state index in [1.54, 1.807) is 11.1 Å². The Hall–Kier alpha value is -1.30. The first-order valence-electron chi connectivity index (χ1n) is 5.92. The standard InChI is InChI=1S/C15H16/c1-2-4-11-9-13-6-3-5-12-7-8-14(10-11)15(12)13/h3,5-6,9-10H,2,4,7-8H2,1H3. The smallest absolute Gasteiger partial charge is 0.0119 e. The van der Waals surface area contributed by atoms with Gasteiger partial charge < -0.3 is 0 Å². The SMILES string of the molecule is CCCc1cc2c3c(cccc3c1)CC2. The number of hydrogen-bond acceptors (Lipinski definition) is 0. The fourth-order valence-corrected chi connectivity index (χ4v) is 2.78. The quantitative estimate of drug-likeness (QED) is 0.683. The Kier molecular flexibility index (Phi) is 2.02. The van der Waals surface area contributed by atoms with Crippen LogP contribution in [0.3, 0.4) is 0 Å². The van der Waals surface area contributed by atoms with E-state index in [9.17, 15) is 0 Å². The first kappa shape index (κ1) is 8.96. The molecule has 0 atom stereocenters. The highest BCUT2D eigenvalue weighted by atomic mass is 14.2. The molecule has 1 aliphatic carbocycles. The highest BCUT2D eigenvalue weighted by Crippen LogP contribution is 2.31. The molecule has 0 unspecified atom stereocenters. The topological polar surface area (TPSA) is 0 Å². The number of hydrogen-bond donors (Lipinski definition) is 0. The van der Waals surface area contributed by atoms with Crippen LogP contribution in [0.4, 0.5) is 0 Å². The Morgan fingerprint density at radius 3 is 2.80 bits per heavy atom. The molecule has 0 saturated carbocycles. The minimum absolute atomic E-state index is 1.22. The van der Waals surface area contributed by atoms with Gasteiger partial charge in [-0.25, -0.2) is 0 Å². The molecule has 0 fully saturated rings. The first-order chi connectivity index (χ1) is 7.38. The molecule has 0 heterocycles. The zero-order valence-corrected chi connectivity index (χ0v) is 9.22. The predicted octanol–water partition coefficient (Wildman–Crippen LogP) is 3.89. The van der Waals surface area contributed by atoms with Crippen LogP contribution in [0.1, 0.15) is 30.0 Å². The van der Waals surface area contributed by atoms with Crippen LogP contribution < -0.4 is 0 Å². The van der Waals surface area contributed by atoms with Gasteiger partial charge in [0.2, 0.25) is 0 Å². The molecule has 2 aromatic carbocycles. The van der Waals surface area contributed by atoms with Gasteiger partial charge in [0.05, 0.1) is 0 Å². The second-order valence-corrected chi connectivity index (χ2v) is 4.52. The molecule has 3 rings (SSSR count). The lowest BCUT2D eigenvalue weighted by atomic mass is 10.00. The van der Waals surface area contributed by atoms with Crippen molar-refractivity contribution in [1.29, 1.82) is 0 Å². The van der Waals surface area contributed by atoms with Crippen molar-refractivity contribution >= 4 is 10.8 Å². The third-order valence-electron chi connectivity index (χ3n) is 3.41. The summed E-state index contributed by atoms with van der Waals surface area (Å²) in [6.45, 7) is 2.25. The second-order valence-electron chi connectivity index (χ2n) is 4.52. The lowest BCUT2D eigenvalue weighted by molar-refractivity contribution is 0.919. The van der Waals surface area contributed by atoms with Crippen LogP contribution in [-0.2, 0) is 19.3 Å². The van der Waals surface area contributed by atoms with Gasteiger partial charge in [0.25, 0.3) is 0 Å². The summed E-state index contributed by atoms with van der Waals surface area (Å²) >= 11 is 0. The van der Waals surface area contributed by atoms with Gasteiger partial charge in [-0.1, -0.05) is 43.7 Å². The monoisotopic (exact) mass is 196 g/mol. The molecule has 76 valence electrons. The molecule has 0 amide bonds. The van der Waals surface area contributed by atoms with E-state index >= 15 is 0 Å². The van der Waals surface area contributed by atoms with E-state index in [1.165, 1.54) is 42.0 Å². The van der Waals surface area contributed by atoms with E-state index in [2.05, 4.69) is 37.3 Å². The molecule has 0 N–H and O–H groups in total. The predicted molar refractivity (Wildman–Crippen MR) is 65.4 cm³/mol. The largest absolute Gasteiger partial charge is 0.0651 e. The molecule has 0 heteroatoms. The summed E-state index contributed by atoms with van der Waals surface area (Å²) in [4.78, 5) is 0. The summed E-state index contributed by atoms with van der Waals surface area (Å²) < 4.78 is 0. The minimum Gasteiger partial charge on any atom is -0.0651 e. The fourth-order valence-electron chi connectivity index (χ4n) is 2.78.